The van der Waals surface area contributed by atoms with E-state index in [1.165, 1.54) is 36.8 Å². The predicted octanol–water partition coefficient (Wildman–Crippen LogP) is 4.21. The minimum atomic E-state index is 0.783. The molecule has 0 fully saturated rings. The third-order valence-electron chi connectivity index (χ3n) is 3.08. The van der Waals surface area contributed by atoms with Gasteiger partial charge in [-0.2, -0.15) is 0 Å². The molecule has 1 aliphatic carbocycles. The average Bonchev–Trinajstić information content (AvgIpc) is 2.47. The Bertz CT molecular complexity index is 295. The zero-order valence-corrected chi connectivity index (χ0v) is 8.87. The zero-order chi connectivity index (χ0) is 9.80. The fourth-order valence-electron chi connectivity index (χ4n) is 2.15. The van der Waals surface area contributed by atoms with Crippen LogP contribution in [0.2, 0.25) is 0 Å². The molecule has 1 aromatic carbocycles. The van der Waals surface area contributed by atoms with Gasteiger partial charge >= 0.3 is 0 Å². The molecule has 0 bridgehead atoms. The van der Waals surface area contributed by atoms with Crippen molar-refractivity contribution in [1.82, 2.24) is 0 Å². The number of aryl methyl sites for hydroxylation is 1. The van der Waals surface area contributed by atoms with Crippen molar-refractivity contribution in [2.45, 2.75) is 38.5 Å². The van der Waals surface area contributed by atoms with Gasteiger partial charge in [0, 0.05) is 0 Å². The largest absolute Gasteiger partial charge is 0.0885 e. The van der Waals surface area contributed by atoms with E-state index in [1.807, 2.05) is 0 Å². The third-order valence-corrected chi connectivity index (χ3v) is 3.08. The SMILES string of the molecule is Cc1ccc(C2CCC=CCC2)cc1. The van der Waals surface area contributed by atoms with E-state index in [9.17, 15) is 0 Å². The standard InChI is InChI=1S/C14H18/c1-12-8-10-14(11-9-12)13-6-4-2-3-5-7-13/h2-3,8-11,13H,4-7H2,1H3. The molecular formula is C14H18. The first-order valence-electron chi connectivity index (χ1n) is 5.58. The Balaban J connectivity index is 2.10. The fraction of sp³-hybridized carbons (Fsp3) is 0.429. The molecule has 0 atom stereocenters. The normalized spacial score (nSPS) is 18.1. The Labute approximate surface area is 86.7 Å². The summed E-state index contributed by atoms with van der Waals surface area (Å²) in [6, 6.07) is 9.05. The van der Waals surface area contributed by atoms with Gasteiger partial charge in [-0.3, -0.25) is 0 Å². The van der Waals surface area contributed by atoms with Gasteiger partial charge in [-0.25, -0.2) is 0 Å². The smallest absolute Gasteiger partial charge is 0.0156 e. The van der Waals surface area contributed by atoms with Gasteiger partial charge in [0.05, 0.1) is 0 Å². The van der Waals surface area contributed by atoms with Gasteiger partial charge < -0.3 is 0 Å². The first-order chi connectivity index (χ1) is 6.86. The summed E-state index contributed by atoms with van der Waals surface area (Å²) in [4.78, 5) is 0. The Morgan fingerprint density at radius 1 is 0.929 bits per heavy atom. The van der Waals surface area contributed by atoms with Crippen LogP contribution in [0, 0.1) is 6.92 Å². The van der Waals surface area contributed by atoms with Crippen LogP contribution in [0.1, 0.15) is 42.7 Å². The van der Waals surface area contributed by atoms with E-state index in [4.69, 9.17) is 0 Å². The Morgan fingerprint density at radius 2 is 1.50 bits per heavy atom. The van der Waals surface area contributed by atoms with Crippen molar-refractivity contribution >= 4 is 0 Å². The Morgan fingerprint density at radius 3 is 2.07 bits per heavy atom. The summed E-state index contributed by atoms with van der Waals surface area (Å²) in [5, 5.41) is 0. The van der Waals surface area contributed by atoms with Crippen molar-refractivity contribution in [3.8, 4) is 0 Å². The molecule has 0 aliphatic heterocycles. The summed E-state index contributed by atoms with van der Waals surface area (Å²) >= 11 is 0. The third kappa shape index (κ3) is 2.25. The van der Waals surface area contributed by atoms with E-state index < -0.39 is 0 Å². The lowest BCUT2D eigenvalue weighted by molar-refractivity contribution is 0.603. The van der Waals surface area contributed by atoms with Crippen LogP contribution in [0.3, 0.4) is 0 Å². The van der Waals surface area contributed by atoms with Crippen molar-refractivity contribution in [3.63, 3.8) is 0 Å². The van der Waals surface area contributed by atoms with Gasteiger partial charge in [0.2, 0.25) is 0 Å². The summed E-state index contributed by atoms with van der Waals surface area (Å²) in [6.45, 7) is 2.15. The number of rotatable bonds is 1. The van der Waals surface area contributed by atoms with Gasteiger partial charge in [-0.05, 0) is 44.1 Å². The van der Waals surface area contributed by atoms with Crippen LogP contribution in [0.4, 0.5) is 0 Å². The van der Waals surface area contributed by atoms with E-state index in [1.54, 1.807) is 0 Å². The van der Waals surface area contributed by atoms with Crippen molar-refractivity contribution in [1.29, 1.82) is 0 Å². The van der Waals surface area contributed by atoms with Crippen LogP contribution < -0.4 is 0 Å². The van der Waals surface area contributed by atoms with E-state index >= 15 is 0 Å². The highest BCUT2D eigenvalue weighted by Gasteiger charge is 2.11. The van der Waals surface area contributed by atoms with Crippen LogP contribution in [0.15, 0.2) is 36.4 Å². The lowest BCUT2D eigenvalue weighted by Gasteiger charge is -2.14. The molecule has 0 heterocycles. The van der Waals surface area contributed by atoms with Crippen LogP contribution in [0.25, 0.3) is 0 Å². The molecule has 0 radical (unpaired) electrons. The molecule has 0 amide bonds. The topological polar surface area (TPSA) is 0 Å². The highest BCUT2D eigenvalue weighted by atomic mass is 14.2. The Kier molecular flexibility index (Phi) is 3.03. The van der Waals surface area contributed by atoms with Gasteiger partial charge in [0.1, 0.15) is 0 Å². The molecule has 0 saturated carbocycles. The molecular weight excluding hydrogens is 168 g/mol. The molecule has 0 unspecified atom stereocenters. The first-order valence-corrected chi connectivity index (χ1v) is 5.58. The summed E-state index contributed by atoms with van der Waals surface area (Å²) in [5.74, 6) is 0.783. The molecule has 14 heavy (non-hydrogen) atoms. The molecule has 1 aromatic rings. The second-order valence-electron chi connectivity index (χ2n) is 4.23. The first kappa shape index (κ1) is 9.51. The summed E-state index contributed by atoms with van der Waals surface area (Å²) in [6.07, 6.45) is 9.79. The summed E-state index contributed by atoms with van der Waals surface area (Å²) in [5.41, 5.74) is 2.89. The predicted molar refractivity (Wildman–Crippen MR) is 61.5 cm³/mol. The summed E-state index contributed by atoms with van der Waals surface area (Å²) in [7, 11) is 0. The van der Waals surface area contributed by atoms with Gasteiger partial charge in [0.25, 0.3) is 0 Å². The lowest BCUT2D eigenvalue weighted by atomic mass is 9.91. The van der Waals surface area contributed by atoms with Gasteiger partial charge in [-0.1, -0.05) is 42.0 Å². The molecule has 2 rings (SSSR count). The van der Waals surface area contributed by atoms with E-state index in [-0.39, 0.29) is 0 Å². The second kappa shape index (κ2) is 4.45. The molecule has 0 aromatic heterocycles. The maximum absolute atomic E-state index is 2.33. The van der Waals surface area contributed by atoms with Crippen molar-refractivity contribution in [2.24, 2.45) is 0 Å². The van der Waals surface area contributed by atoms with Crippen LogP contribution in [0.5, 0.6) is 0 Å². The number of benzene rings is 1. The quantitative estimate of drug-likeness (QED) is 0.576. The number of allylic oxidation sites excluding steroid dienone is 2. The van der Waals surface area contributed by atoms with Crippen LogP contribution >= 0.6 is 0 Å². The number of hydrogen-bond acceptors (Lipinski definition) is 0. The van der Waals surface area contributed by atoms with Crippen molar-refractivity contribution in [3.05, 3.63) is 47.5 Å². The average molecular weight is 186 g/mol. The highest BCUT2D eigenvalue weighted by molar-refractivity contribution is 5.24. The number of hydrogen-bond donors (Lipinski definition) is 0. The molecule has 74 valence electrons. The maximum Gasteiger partial charge on any atom is -0.0156 e. The van der Waals surface area contributed by atoms with Crippen LogP contribution in [-0.4, -0.2) is 0 Å². The molecule has 0 N–H and O–H groups in total. The van der Waals surface area contributed by atoms with E-state index in [0.29, 0.717) is 0 Å². The highest BCUT2D eigenvalue weighted by Crippen LogP contribution is 2.28. The fourth-order valence-corrected chi connectivity index (χ4v) is 2.15. The van der Waals surface area contributed by atoms with Crippen molar-refractivity contribution in [2.75, 3.05) is 0 Å². The van der Waals surface area contributed by atoms with E-state index in [0.717, 1.165) is 5.92 Å². The van der Waals surface area contributed by atoms with Crippen LogP contribution in [-0.2, 0) is 0 Å². The summed E-state index contributed by atoms with van der Waals surface area (Å²) < 4.78 is 0. The van der Waals surface area contributed by atoms with Gasteiger partial charge in [0.15, 0.2) is 0 Å². The van der Waals surface area contributed by atoms with E-state index in [2.05, 4.69) is 43.3 Å². The second-order valence-corrected chi connectivity index (χ2v) is 4.23. The minimum absolute atomic E-state index is 0.783. The molecule has 0 saturated heterocycles. The van der Waals surface area contributed by atoms with Crippen molar-refractivity contribution < 1.29 is 0 Å². The minimum Gasteiger partial charge on any atom is -0.0885 e. The lowest BCUT2D eigenvalue weighted by Crippen LogP contribution is -1.96. The van der Waals surface area contributed by atoms with Gasteiger partial charge in [-0.15, -0.1) is 0 Å². The molecule has 0 spiro atoms. The molecule has 1 aliphatic rings. The molecule has 0 nitrogen and oxygen atoms in total. The monoisotopic (exact) mass is 186 g/mol. The maximum atomic E-state index is 2.33. The Hall–Kier alpha value is -1.04. The molecule has 0 heteroatoms. The zero-order valence-electron chi connectivity index (χ0n) is 8.87.